The van der Waals surface area contributed by atoms with Crippen LogP contribution in [0.25, 0.3) is 0 Å². The first kappa shape index (κ1) is 14.4. The van der Waals surface area contributed by atoms with Crippen LogP contribution in [0.15, 0.2) is 24.3 Å². The summed E-state index contributed by atoms with van der Waals surface area (Å²) in [5.74, 6) is 1.76. The first-order valence-corrected chi connectivity index (χ1v) is 7.37. The summed E-state index contributed by atoms with van der Waals surface area (Å²) in [6, 6.07) is 8.92. The van der Waals surface area contributed by atoms with Crippen LogP contribution in [0.5, 0.6) is 5.75 Å². The van der Waals surface area contributed by atoms with Crippen molar-refractivity contribution < 1.29 is 4.74 Å². The van der Waals surface area contributed by atoms with Crippen molar-refractivity contribution in [2.75, 3.05) is 14.2 Å². The maximum absolute atomic E-state index is 5.48. The van der Waals surface area contributed by atoms with Crippen LogP contribution in [-0.2, 0) is 6.42 Å². The van der Waals surface area contributed by atoms with Crippen molar-refractivity contribution in [3.05, 3.63) is 29.8 Å². The second-order valence-electron chi connectivity index (χ2n) is 6.40. The third-order valence-corrected chi connectivity index (χ3v) is 4.83. The van der Waals surface area contributed by atoms with Gasteiger partial charge < -0.3 is 10.1 Å². The Kier molecular flexibility index (Phi) is 4.51. The highest BCUT2D eigenvalue weighted by molar-refractivity contribution is 5.34. The lowest BCUT2D eigenvalue weighted by molar-refractivity contribution is 0.201. The molecule has 0 amide bonds. The van der Waals surface area contributed by atoms with Crippen LogP contribution in [0, 0.1) is 11.3 Å². The maximum atomic E-state index is 5.48. The van der Waals surface area contributed by atoms with Crippen LogP contribution in [0.2, 0.25) is 0 Å². The standard InChI is InChI=1S/C17H27NO/c1-17(2)11-7-9-14(17)15(18-3)12-13-8-5-6-10-16(13)19-4/h5-6,8,10,14-15,18H,7,9,11-12H2,1-4H3. The molecule has 106 valence electrons. The number of rotatable bonds is 5. The zero-order valence-corrected chi connectivity index (χ0v) is 12.7. The second-order valence-corrected chi connectivity index (χ2v) is 6.40. The Morgan fingerprint density at radius 1 is 1.37 bits per heavy atom. The lowest BCUT2D eigenvalue weighted by atomic mass is 9.76. The molecule has 19 heavy (non-hydrogen) atoms. The summed E-state index contributed by atoms with van der Waals surface area (Å²) in [6.07, 6.45) is 5.10. The van der Waals surface area contributed by atoms with Gasteiger partial charge in [-0.3, -0.25) is 0 Å². The van der Waals surface area contributed by atoms with Crippen molar-refractivity contribution >= 4 is 0 Å². The molecule has 0 aliphatic heterocycles. The molecular formula is C17H27NO. The number of hydrogen-bond donors (Lipinski definition) is 1. The van der Waals surface area contributed by atoms with Gasteiger partial charge in [-0.25, -0.2) is 0 Å². The Morgan fingerprint density at radius 3 is 2.68 bits per heavy atom. The molecule has 0 saturated heterocycles. The molecule has 0 spiro atoms. The van der Waals surface area contributed by atoms with Crippen LogP contribution >= 0.6 is 0 Å². The fraction of sp³-hybridized carbons (Fsp3) is 0.647. The fourth-order valence-electron chi connectivity index (χ4n) is 3.65. The van der Waals surface area contributed by atoms with Gasteiger partial charge in [0, 0.05) is 6.04 Å². The summed E-state index contributed by atoms with van der Waals surface area (Å²) in [6.45, 7) is 4.83. The highest BCUT2D eigenvalue weighted by Gasteiger charge is 2.39. The van der Waals surface area contributed by atoms with Crippen LogP contribution < -0.4 is 10.1 Å². The van der Waals surface area contributed by atoms with Crippen LogP contribution in [0.1, 0.15) is 38.7 Å². The molecule has 1 saturated carbocycles. The minimum atomic E-state index is 0.454. The normalized spacial score (nSPS) is 23.3. The molecule has 1 aliphatic rings. The van der Waals surface area contributed by atoms with Gasteiger partial charge in [-0.05, 0) is 49.3 Å². The van der Waals surface area contributed by atoms with E-state index in [1.165, 1.54) is 24.8 Å². The zero-order valence-electron chi connectivity index (χ0n) is 12.7. The number of ether oxygens (including phenoxy) is 1. The number of likely N-dealkylation sites (N-methyl/N-ethyl adjacent to an activating group) is 1. The Morgan fingerprint density at radius 2 is 2.11 bits per heavy atom. The zero-order chi connectivity index (χ0) is 13.9. The molecule has 2 atom stereocenters. The molecule has 0 heterocycles. The number of hydrogen-bond acceptors (Lipinski definition) is 2. The van der Waals surface area contributed by atoms with Gasteiger partial charge in [0.05, 0.1) is 7.11 Å². The Hall–Kier alpha value is -1.02. The summed E-state index contributed by atoms with van der Waals surface area (Å²) < 4.78 is 5.48. The SMILES string of the molecule is CNC(Cc1ccccc1OC)C1CCCC1(C)C. The van der Waals surface area contributed by atoms with E-state index in [1.54, 1.807) is 7.11 Å². The predicted molar refractivity (Wildman–Crippen MR) is 80.7 cm³/mol. The molecule has 0 bridgehead atoms. The second kappa shape index (κ2) is 5.96. The van der Waals surface area contributed by atoms with Crippen LogP contribution in [0.3, 0.4) is 0 Å². The monoisotopic (exact) mass is 261 g/mol. The van der Waals surface area contributed by atoms with Gasteiger partial charge in [-0.15, -0.1) is 0 Å². The first-order valence-electron chi connectivity index (χ1n) is 7.37. The van der Waals surface area contributed by atoms with Crippen molar-refractivity contribution in [2.24, 2.45) is 11.3 Å². The number of benzene rings is 1. The van der Waals surface area contributed by atoms with E-state index >= 15 is 0 Å². The molecule has 2 nitrogen and oxygen atoms in total. The van der Waals surface area contributed by atoms with Crippen molar-refractivity contribution in [1.29, 1.82) is 0 Å². The molecule has 1 N–H and O–H groups in total. The average Bonchev–Trinajstić information content (AvgIpc) is 2.76. The summed E-state index contributed by atoms with van der Waals surface area (Å²) >= 11 is 0. The van der Waals surface area contributed by atoms with Gasteiger partial charge in [0.1, 0.15) is 5.75 Å². The Labute approximate surface area is 117 Å². The van der Waals surface area contributed by atoms with E-state index in [0.717, 1.165) is 18.1 Å². The molecule has 1 aliphatic carbocycles. The van der Waals surface area contributed by atoms with Crippen molar-refractivity contribution in [2.45, 2.75) is 45.6 Å². The fourth-order valence-corrected chi connectivity index (χ4v) is 3.65. The highest BCUT2D eigenvalue weighted by Crippen LogP contribution is 2.45. The van der Waals surface area contributed by atoms with Crippen molar-refractivity contribution in [3.63, 3.8) is 0 Å². The minimum absolute atomic E-state index is 0.454. The van der Waals surface area contributed by atoms with E-state index in [4.69, 9.17) is 4.74 Å². The average molecular weight is 261 g/mol. The van der Waals surface area contributed by atoms with Crippen LogP contribution in [-0.4, -0.2) is 20.2 Å². The van der Waals surface area contributed by atoms with Crippen molar-refractivity contribution in [3.8, 4) is 5.75 Å². The molecule has 1 aromatic rings. The molecule has 0 radical (unpaired) electrons. The third-order valence-electron chi connectivity index (χ3n) is 4.83. The Bertz CT molecular complexity index is 413. The van der Waals surface area contributed by atoms with Gasteiger partial charge in [0.2, 0.25) is 0 Å². The van der Waals surface area contributed by atoms with E-state index in [2.05, 4.69) is 44.4 Å². The summed E-state index contributed by atoms with van der Waals surface area (Å²) in [7, 11) is 3.85. The molecule has 1 aromatic carbocycles. The predicted octanol–water partition coefficient (Wildman–Crippen LogP) is 3.65. The molecular weight excluding hydrogens is 234 g/mol. The molecule has 2 unspecified atom stereocenters. The maximum Gasteiger partial charge on any atom is 0.122 e. The minimum Gasteiger partial charge on any atom is -0.496 e. The van der Waals surface area contributed by atoms with E-state index in [1.807, 2.05) is 6.07 Å². The van der Waals surface area contributed by atoms with E-state index in [9.17, 15) is 0 Å². The molecule has 0 aromatic heterocycles. The van der Waals surface area contributed by atoms with Crippen LogP contribution in [0.4, 0.5) is 0 Å². The number of methoxy groups -OCH3 is 1. The van der Waals surface area contributed by atoms with Crippen molar-refractivity contribution in [1.82, 2.24) is 5.32 Å². The molecule has 1 fully saturated rings. The molecule has 2 heteroatoms. The van der Waals surface area contributed by atoms with E-state index < -0.39 is 0 Å². The number of nitrogens with one attached hydrogen (secondary N) is 1. The lowest BCUT2D eigenvalue weighted by Crippen LogP contribution is -2.40. The van der Waals surface area contributed by atoms with Gasteiger partial charge in [0.25, 0.3) is 0 Å². The first-order chi connectivity index (χ1) is 9.08. The Balaban J connectivity index is 2.15. The van der Waals surface area contributed by atoms with Gasteiger partial charge in [-0.2, -0.15) is 0 Å². The quantitative estimate of drug-likeness (QED) is 0.873. The smallest absolute Gasteiger partial charge is 0.122 e. The lowest BCUT2D eigenvalue weighted by Gasteiger charge is -2.34. The molecule has 2 rings (SSSR count). The summed E-state index contributed by atoms with van der Waals surface area (Å²) in [5, 5.41) is 3.54. The van der Waals surface area contributed by atoms with Gasteiger partial charge >= 0.3 is 0 Å². The highest BCUT2D eigenvalue weighted by atomic mass is 16.5. The van der Waals surface area contributed by atoms with E-state index in [0.29, 0.717) is 11.5 Å². The summed E-state index contributed by atoms with van der Waals surface area (Å²) in [4.78, 5) is 0. The summed E-state index contributed by atoms with van der Waals surface area (Å²) in [5.41, 5.74) is 1.77. The largest absolute Gasteiger partial charge is 0.496 e. The third kappa shape index (κ3) is 3.11. The topological polar surface area (TPSA) is 21.3 Å². The number of para-hydroxylation sites is 1. The van der Waals surface area contributed by atoms with E-state index in [-0.39, 0.29) is 0 Å². The van der Waals surface area contributed by atoms with Gasteiger partial charge in [0.15, 0.2) is 0 Å². The van der Waals surface area contributed by atoms with Gasteiger partial charge in [-0.1, -0.05) is 38.5 Å².